The minimum atomic E-state index is -4.07. The predicted octanol–water partition coefficient (Wildman–Crippen LogP) is 0.918. The minimum Gasteiger partial charge on any atom is -0.329 e. The van der Waals surface area contributed by atoms with Crippen LogP contribution in [0.4, 0.5) is 0 Å². The number of phosphoric acid groups is 1. The maximum atomic E-state index is 11.5. The van der Waals surface area contributed by atoms with Crippen molar-refractivity contribution in [2.75, 3.05) is 47.5 Å². The molecule has 0 aliphatic carbocycles. The third-order valence-corrected chi connectivity index (χ3v) is 3.28. The number of thiol groups is 2. The highest BCUT2D eigenvalue weighted by Crippen LogP contribution is 2.43. The van der Waals surface area contributed by atoms with Crippen molar-refractivity contribution in [1.82, 2.24) is 0 Å². The van der Waals surface area contributed by atoms with Gasteiger partial charge < -0.3 is 17.7 Å². The number of hydrogen-bond donors (Lipinski definition) is 3. The molecule has 1 unspecified atom stereocenters. The molecule has 0 radical (unpaired) electrons. The van der Waals surface area contributed by atoms with Gasteiger partial charge in [0, 0.05) is 0 Å². The van der Waals surface area contributed by atoms with E-state index in [1.807, 2.05) is 21.1 Å². The molecular weight excluding hydrogens is 301 g/mol. The Balaban J connectivity index is 3.96. The fraction of sp³-hybridized carbons (Fsp3) is 1.00. The lowest BCUT2D eigenvalue weighted by Crippen LogP contribution is -2.37. The largest absolute Gasteiger partial charge is 0.472 e. The molecule has 18 heavy (non-hydrogen) atoms. The van der Waals surface area contributed by atoms with E-state index in [1.165, 1.54) is 0 Å². The van der Waals surface area contributed by atoms with Crippen LogP contribution in [-0.4, -0.2) is 63.0 Å². The zero-order chi connectivity index (χ0) is 14.2. The summed E-state index contributed by atoms with van der Waals surface area (Å²) in [5, 5.41) is 0. The Hall–Kier alpha value is 0.690. The summed E-state index contributed by atoms with van der Waals surface area (Å²) in [6.45, 7) is 0.598. The van der Waals surface area contributed by atoms with E-state index in [-0.39, 0.29) is 19.8 Å². The Labute approximate surface area is 119 Å². The monoisotopic (exact) mass is 322 g/mol. The highest BCUT2D eigenvalue weighted by Gasteiger charge is 2.24. The topological polar surface area (TPSA) is 74.2 Å². The predicted molar refractivity (Wildman–Crippen MR) is 73.4 cm³/mol. The Morgan fingerprint density at radius 1 is 1.22 bits per heavy atom. The van der Waals surface area contributed by atoms with E-state index < -0.39 is 13.9 Å². The lowest BCUT2D eigenvalue weighted by molar-refractivity contribution is -0.870. The fourth-order valence-electron chi connectivity index (χ4n) is 0.837. The first-order chi connectivity index (χ1) is 8.20. The molecule has 0 aromatic heterocycles. The Morgan fingerprint density at radius 3 is 2.28 bits per heavy atom. The van der Waals surface area contributed by atoms with E-state index in [1.54, 1.807) is 0 Å². The van der Waals surface area contributed by atoms with Crippen LogP contribution < -0.4 is 0 Å². The third kappa shape index (κ3) is 10.6. The smallest absolute Gasteiger partial charge is 0.329 e. The van der Waals surface area contributed by atoms with Gasteiger partial charge in [0.05, 0.1) is 34.4 Å². The molecule has 0 fully saturated rings. The molecular formula is C8H21NO6PS2+. The first-order valence-corrected chi connectivity index (χ1v) is 7.41. The average Bonchev–Trinajstić information content (AvgIpc) is 2.22. The van der Waals surface area contributed by atoms with Gasteiger partial charge in [-0.25, -0.2) is 4.57 Å². The number of nitrogens with zero attached hydrogens (tertiary/aromatic N) is 1. The van der Waals surface area contributed by atoms with Gasteiger partial charge in [0.1, 0.15) is 19.3 Å². The molecule has 2 atom stereocenters. The normalized spacial score (nSPS) is 17.4. The molecule has 110 valence electrons. The second kappa shape index (κ2) is 8.78. The van der Waals surface area contributed by atoms with Crippen molar-refractivity contribution in [3.8, 4) is 0 Å². The summed E-state index contributed by atoms with van der Waals surface area (Å²) in [6.07, 6.45) is -0.603. The van der Waals surface area contributed by atoms with Crippen molar-refractivity contribution in [2.24, 2.45) is 0 Å². The van der Waals surface area contributed by atoms with Gasteiger partial charge in [-0.15, -0.1) is 0 Å². The number of hydrogen-bond acceptors (Lipinski definition) is 7. The fourth-order valence-corrected chi connectivity index (χ4v) is 1.87. The summed E-state index contributed by atoms with van der Waals surface area (Å²) in [5.74, 6) is 0. The van der Waals surface area contributed by atoms with Crippen molar-refractivity contribution >= 4 is 33.6 Å². The van der Waals surface area contributed by atoms with Crippen molar-refractivity contribution in [1.29, 1.82) is 0 Å². The standard InChI is InChI=1S/C8H20NO6PS2/c1-9(2,3)4-5-12-16(10,11)13-6-8(15-18)7-14-17/h8H,4-7H2,1-3H3,(H2-,10,11,17,18)/p+1/t8-/m0/s1. The van der Waals surface area contributed by atoms with E-state index in [2.05, 4.69) is 34.2 Å². The number of likely N-dealkylation sites (N-methyl/N-ethyl adjacent to an activating group) is 1. The summed E-state index contributed by atoms with van der Waals surface area (Å²) in [7, 11) is 1.76. The van der Waals surface area contributed by atoms with Crippen molar-refractivity contribution in [3.05, 3.63) is 0 Å². The average molecular weight is 322 g/mol. The Kier molecular flexibility index (Phi) is 9.12. The van der Waals surface area contributed by atoms with Crippen LogP contribution in [0.15, 0.2) is 0 Å². The van der Waals surface area contributed by atoms with Gasteiger partial charge in [0.25, 0.3) is 0 Å². The molecule has 1 N–H and O–H groups in total. The van der Waals surface area contributed by atoms with Gasteiger partial charge in [-0.05, 0) is 25.8 Å². The molecule has 0 aliphatic rings. The van der Waals surface area contributed by atoms with Gasteiger partial charge in [0.2, 0.25) is 0 Å². The van der Waals surface area contributed by atoms with Crippen LogP contribution in [-0.2, 0) is 22.0 Å². The SMILES string of the molecule is C[N+](C)(C)CCOP(=O)(O)OC[C@@H](COS)OS. The zero-order valence-corrected chi connectivity index (χ0v) is 13.4. The molecule has 0 heterocycles. The first-order valence-electron chi connectivity index (χ1n) is 5.19. The maximum absolute atomic E-state index is 11.5. The molecule has 0 saturated carbocycles. The van der Waals surface area contributed by atoms with Gasteiger partial charge in [0.15, 0.2) is 0 Å². The number of rotatable bonds is 10. The molecule has 7 nitrogen and oxygen atoms in total. The molecule has 0 aliphatic heterocycles. The van der Waals surface area contributed by atoms with E-state index in [0.717, 1.165) is 0 Å². The molecule has 0 bridgehead atoms. The van der Waals surface area contributed by atoms with Crippen LogP contribution in [0.3, 0.4) is 0 Å². The van der Waals surface area contributed by atoms with Crippen LogP contribution in [0.25, 0.3) is 0 Å². The number of phosphoric ester groups is 1. The molecule has 0 rings (SSSR count). The quantitative estimate of drug-likeness (QED) is 0.240. The lowest BCUT2D eigenvalue weighted by atomic mass is 10.4. The lowest BCUT2D eigenvalue weighted by Gasteiger charge is -2.24. The Morgan fingerprint density at radius 2 is 1.83 bits per heavy atom. The van der Waals surface area contributed by atoms with Crippen LogP contribution in [0.2, 0.25) is 0 Å². The molecule has 0 saturated heterocycles. The van der Waals surface area contributed by atoms with Gasteiger partial charge in [-0.2, -0.15) is 0 Å². The van der Waals surface area contributed by atoms with Crippen LogP contribution in [0, 0.1) is 0 Å². The van der Waals surface area contributed by atoms with Crippen LogP contribution >= 0.6 is 33.6 Å². The van der Waals surface area contributed by atoms with Crippen molar-refractivity contribution in [3.63, 3.8) is 0 Å². The third-order valence-electron chi connectivity index (χ3n) is 1.85. The van der Waals surface area contributed by atoms with Crippen LogP contribution in [0.1, 0.15) is 0 Å². The molecule has 0 aromatic carbocycles. The Bertz CT molecular complexity index is 275. The van der Waals surface area contributed by atoms with E-state index in [4.69, 9.17) is 9.05 Å². The van der Waals surface area contributed by atoms with Crippen molar-refractivity contribution < 1.29 is 31.4 Å². The van der Waals surface area contributed by atoms with Gasteiger partial charge >= 0.3 is 7.82 Å². The van der Waals surface area contributed by atoms with Gasteiger partial charge in [-0.3, -0.25) is 9.05 Å². The maximum Gasteiger partial charge on any atom is 0.472 e. The first kappa shape index (κ1) is 18.7. The second-order valence-electron chi connectivity index (χ2n) is 4.63. The highest BCUT2D eigenvalue weighted by molar-refractivity contribution is 7.75. The van der Waals surface area contributed by atoms with Gasteiger partial charge in [-0.1, -0.05) is 0 Å². The summed E-state index contributed by atoms with van der Waals surface area (Å²) in [5.41, 5.74) is 0. The summed E-state index contributed by atoms with van der Waals surface area (Å²) < 4.78 is 30.8. The van der Waals surface area contributed by atoms with E-state index in [0.29, 0.717) is 11.0 Å². The van der Waals surface area contributed by atoms with E-state index >= 15 is 0 Å². The second-order valence-corrected chi connectivity index (χ2v) is 6.56. The molecule has 10 heteroatoms. The minimum absolute atomic E-state index is 0.0749. The van der Waals surface area contributed by atoms with E-state index in [9.17, 15) is 9.46 Å². The summed E-state index contributed by atoms with van der Waals surface area (Å²) in [6, 6.07) is 0. The zero-order valence-electron chi connectivity index (χ0n) is 10.7. The summed E-state index contributed by atoms with van der Waals surface area (Å²) >= 11 is 7.11. The van der Waals surface area contributed by atoms with Crippen molar-refractivity contribution in [2.45, 2.75) is 6.10 Å². The summed E-state index contributed by atoms with van der Waals surface area (Å²) in [4.78, 5) is 9.39. The molecule has 0 aromatic rings. The molecule has 0 spiro atoms. The highest BCUT2D eigenvalue weighted by atomic mass is 32.1. The molecule has 0 amide bonds. The number of quaternary nitrogens is 1. The van der Waals surface area contributed by atoms with Crippen LogP contribution in [0.5, 0.6) is 0 Å².